The molecule has 1 aromatic heterocycles. The number of hydrogen-bond acceptors (Lipinski definition) is 5. The van der Waals surface area contributed by atoms with Gasteiger partial charge >= 0.3 is 0 Å². The number of aromatic nitrogens is 2. The van der Waals surface area contributed by atoms with Gasteiger partial charge in [0, 0.05) is 11.3 Å². The van der Waals surface area contributed by atoms with E-state index in [9.17, 15) is 9.18 Å². The van der Waals surface area contributed by atoms with Gasteiger partial charge in [0.05, 0.1) is 23.6 Å². The molecule has 0 spiro atoms. The summed E-state index contributed by atoms with van der Waals surface area (Å²) >= 11 is 6.85. The number of ether oxygens (including phenoxy) is 1. The van der Waals surface area contributed by atoms with Crippen molar-refractivity contribution in [3.63, 3.8) is 0 Å². The van der Waals surface area contributed by atoms with E-state index in [1.165, 1.54) is 30.0 Å². The Kier molecular flexibility index (Phi) is 6.26. The van der Waals surface area contributed by atoms with E-state index in [4.69, 9.17) is 16.3 Å². The monoisotopic (exact) mass is 403 g/mol. The summed E-state index contributed by atoms with van der Waals surface area (Å²) in [6, 6.07) is 15.2. The number of anilines is 1. The normalized spacial score (nSPS) is 10.5. The molecule has 3 rings (SSSR count). The molecule has 1 heterocycles. The molecule has 0 atom stereocenters. The average Bonchev–Trinajstić information content (AvgIpc) is 2.69. The predicted octanol–water partition coefficient (Wildman–Crippen LogP) is 4.68. The van der Waals surface area contributed by atoms with Crippen LogP contribution in [0.4, 0.5) is 10.1 Å². The van der Waals surface area contributed by atoms with Gasteiger partial charge in [-0.25, -0.2) is 4.39 Å². The van der Waals surface area contributed by atoms with Crippen LogP contribution in [-0.4, -0.2) is 29.0 Å². The Labute approximate surface area is 164 Å². The van der Waals surface area contributed by atoms with Crippen molar-refractivity contribution >= 4 is 35.0 Å². The minimum atomic E-state index is -0.582. The maximum atomic E-state index is 13.4. The number of carbonyl (C=O) groups is 1. The largest absolute Gasteiger partial charge is 0.497 e. The van der Waals surface area contributed by atoms with Crippen LogP contribution in [-0.2, 0) is 4.79 Å². The van der Waals surface area contributed by atoms with Gasteiger partial charge in [-0.3, -0.25) is 4.79 Å². The lowest BCUT2D eigenvalue weighted by Crippen LogP contribution is -2.14. The third-order valence-electron chi connectivity index (χ3n) is 3.56. The van der Waals surface area contributed by atoms with Crippen molar-refractivity contribution < 1.29 is 13.9 Å². The molecular formula is C19H15ClFN3O2S. The molecule has 0 aliphatic heterocycles. The first-order valence-electron chi connectivity index (χ1n) is 7.91. The second-order valence-electron chi connectivity index (χ2n) is 5.45. The van der Waals surface area contributed by atoms with Crippen molar-refractivity contribution in [2.24, 2.45) is 0 Å². The molecule has 1 amide bonds. The van der Waals surface area contributed by atoms with Crippen LogP contribution in [0.25, 0.3) is 11.3 Å². The number of nitrogens with zero attached hydrogens (tertiary/aromatic N) is 2. The van der Waals surface area contributed by atoms with Gasteiger partial charge in [0.2, 0.25) is 5.91 Å². The van der Waals surface area contributed by atoms with Crippen LogP contribution in [0.2, 0.25) is 5.02 Å². The van der Waals surface area contributed by atoms with E-state index in [0.717, 1.165) is 11.3 Å². The van der Waals surface area contributed by atoms with Crippen molar-refractivity contribution in [1.82, 2.24) is 10.2 Å². The molecule has 0 saturated carbocycles. The highest BCUT2D eigenvalue weighted by atomic mass is 35.5. The summed E-state index contributed by atoms with van der Waals surface area (Å²) in [6.07, 6.45) is 0. The van der Waals surface area contributed by atoms with E-state index >= 15 is 0 Å². The van der Waals surface area contributed by atoms with E-state index < -0.39 is 5.82 Å². The highest BCUT2D eigenvalue weighted by molar-refractivity contribution is 7.99. The van der Waals surface area contributed by atoms with E-state index in [1.807, 2.05) is 30.3 Å². The summed E-state index contributed by atoms with van der Waals surface area (Å²) in [5, 5.41) is 11.5. The Morgan fingerprint density at radius 2 is 2.04 bits per heavy atom. The number of thioether (sulfide) groups is 1. The summed E-state index contributed by atoms with van der Waals surface area (Å²) in [6.45, 7) is 0. The summed E-state index contributed by atoms with van der Waals surface area (Å²) in [5.41, 5.74) is 1.95. The standard InChI is InChI=1S/C19H15ClFN3O2S/c1-26-14-4-2-3-12(9-14)17-7-8-19(24-23-17)27-11-18(25)22-13-5-6-15(20)16(21)10-13/h2-10H,11H2,1H3,(H,22,25). The van der Waals surface area contributed by atoms with Crippen LogP contribution in [0.15, 0.2) is 59.6 Å². The number of methoxy groups -OCH3 is 1. The van der Waals surface area contributed by atoms with Gasteiger partial charge in [-0.15, -0.1) is 10.2 Å². The van der Waals surface area contributed by atoms with E-state index in [0.29, 0.717) is 16.4 Å². The lowest BCUT2D eigenvalue weighted by molar-refractivity contribution is -0.113. The fraction of sp³-hybridized carbons (Fsp3) is 0.105. The third-order valence-corrected chi connectivity index (χ3v) is 4.79. The first-order valence-corrected chi connectivity index (χ1v) is 9.27. The Bertz CT molecular complexity index is 954. The Hall–Kier alpha value is -2.64. The van der Waals surface area contributed by atoms with Gasteiger partial charge < -0.3 is 10.1 Å². The van der Waals surface area contributed by atoms with Crippen molar-refractivity contribution in [1.29, 1.82) is 0 Å². The lowest BCUT2D eigenvalue weighted by atomic mass is 10.1. The SMILES string of the molecule is COc1cccc(-c2ccc(SCC(=O)Nc3ccc(Cl)c(F)c3)nn2)c1. The van der Waals surface area contributed by atoms with Crippen LogP contribution in [0, 0.1) is 5.82 Å². The molecule has 138 valence electrons. The molecule has 2 aromatic carbocycles. The highest BCUT2D eigenvalue weighted by Gasteiger charge is 2.08. The molecule has 0 unspecified atom stereocenters. The first-order chi connectivity index (χ1) is 13.0. The van der Waals surface area contributed by atoms with E-state index in [1.54, 1.807) is 13.2 Å². The van der Waals surface area contributed by atoms with Crippen molar-refractivity contribution in [3.05, 3.63) is 65.4 Å². The molecule has 0 aliphatic carbocycles. The molecule has 5 nitrogen and oxygen atoms in total. The van der Waals surface area contributed by atoms with Gasteiger partial charge in [0.1, 0.15) is 16.6 Å². The molecule has 1 N–H and O–H groups in total. The third kappa shape index (κ3) is 5.18. The van der Waals surface area contributed by atoms with Crippen molar-refractivity contribution in [2.75, 3.05) is 18.2 Å². The maximum absolute atomic E-state index is 13.4. The molecule has 0 aliphatic rings. The van der Waals surface area contributed by atoms with E-state index in [2.05, 4.69) is 15.5 Å². The van der Waals surface area contributed by atoms with Gasteiger partial charge in [-0.1, -0.05) is 35.5 Å². The number of halogens is 2. The zero-order chi connectivity index (χ0) is 19.2. The fourth-order valence-electron chi connectivity index (χ4n) is 2.24. The minimum absolute atomic E-state index is 0.00812. The van der Waals surface area contributed by atoms with Crippen LogP contribution in [0.1, 0.15) is 0 Å². The molecule has 0 saturated heterocycles. The molecule has 27 heavy (non-hydrogen) atoms. The van der Waals surface area contributed by atoms with Crippen LogP contribution < -0.4 is 10.1 Å². The Balaban J connectivity index is 1.58. The zero-order valence-corrected chi connectivity index (χ0v) is 15.9. The van der Waals surface area contributed by atoms with Gasteiger partial charge in [0.25, 0.3) is 0 Å². The summed E-state index contributed by atoms with van der Waals surface area (Å²) in [7, 11) is 1.61. The molecule has 0 fully saturated rings. The second kappa shape index (κ2) is 8.83. The van der Waals surface area contributed by atoms with E-state index in [-0.39, 0.29) is 16.7 Å². The zero-order valence-electron chi connectivity index (χ0n) is 14.3. The number of benzene rings is 2. The Morgan fingerprint density at radius 3 is 2.74 bits per heavy atom. The summed E-state index contributed by atoms with van der Waals surface area (Å²) in [4.78, 5) is 12.0. The number of nitrogens with one attached hydrogen (secondary N) is 1. The Morgan fingerprint density at radius 1 is 1.19 bits per heavy atom. The highest BCUT2D eigenvalue weighted by Crippen LogP contribution is 2.24. The fourth-order valence-corrected chi connectivity index (χ4v) is 2.98. The van der Waals surface area contributed by atoms with Gasteiger partial charge in [-0.2, -0.15) is 0 Å². The van der Waals surface area contributed by atoms with Crippen LogP contribution in [0.5, 0.6) is 5.75 Å². The number of hydrogen-bond donors (Lipinski definition) is 1. The topological polar surface area (TPSA) is 64.1 Å². The number of amides is 1. The summed E-state index contributed by atoms with van der Waals surface area (Å²) in [5.74, 6) is 0.00168. The molecule has 0 radical (unpaired) electrons. The number of rotatable bonds is 6. The predicted molar refractivity (Wildman–Crippen MR) is 105 cm³/mol. The summed E-state index contributed by atoms with van der Waals surface area (Å²) < 4.78 is 18.6. The second-order valence-corrected chi connectivity index (χ2v) is 6.86. The van der Waals surface area contributed by atoms with Crippen molar-refractivity contribution in [3.8, 4) is 17.0 Å². The smallest absolute Gasteiger partial charge is 0.234 e. The van der Waals surface area contributed by atoms with Gasteiger partial charge in [-0.05, 0) is 42.5 Å². The molecule has 8 heteroatoms. The minimum Gasteiger partial charge on any atom is -0.497 e. The lowest BCUT2D eigenvalue weighted by Gasteiger charge is -2.06. The number of carbonyl (C=O) groups excluding carboxylic acids is 1. The first kappa shape index (κ1) is 19.1. The molecular weight excluding hydrogens is 389 g/mol. The van der Waals surface area contributed by atoms with Crippen LogP contribution >= 0.6 is 23.4 Å². The van der Waals surface area contributed by atoms with Gasteiger partial charge in [0.15, 0.2) is 0 Å². The maximum Gasteiger partial charge on any atom is 0.234 e. The quantitative estimate of drug-likeness (QED) is 0.605. The van der Waals surface area contributed by atoms with Crippen LogP contribution in [0.3, 0.4) is 0 Å². The molecule has 0 bridgehead atoms. The average molecular weight is 404 g/mol. The van der Waals surface area contributed by atoms with Crippen molar-refractivity contribution in [2.45, 2.75) is 5.03 Å². The molecule has 3 aromatic rings.